The fraction of sp³-hybridized carbons (Fsp3) is 0.400. The topological polar surface area (TPSA) is 27.7 Å². The number of ether oxygens (including phenoxy) is 3. The lowest BCUT2D eigenvalue weighted by atomic mass is 10.3. The molecule has 0 bridgehead atoms. The molecular weight excluding hydrogens is 204 g/mol. The van der Waals surface area contributed by atoms with E-state index in [2.05, 4.69) is 0 Å². The minimum atomic E-state index is -0.262. The molecule has 1 atom stereocenters. The van der Waals surface area contributed by atoms with Crippen LogP contribution >= 0.6 is 11.6 Å². The number of rotatable bonds is 5. The Hall–Kier alpha value is -0.770. The van der Waals surface area contributed by atoms with E-state index in [0.29, 0.717) is 5.02 Å². The molecule has 1 aromatic rings. The highest BCUT2D eigenvalue weighted by molar-refractivity contribution is 6.30. The van der Waals surface area contributed by atoms with E-state index in [9.17, 15) is 0 Å². The van der Waals surface area contributed by atoms with Crippen LogP contribution in [0.15, 0.2) is 24.3 Å². The van der Waals surface area contributed by atoms with Gasteiger partial charge in [0.1, 0.15) is 5.75 Å². The molecule has 0 fully saturated rings. The van der Waals surface area contributed by atoms with E-state index in [-0.39, 0.29) is 13.1 Å². The minimum Gasteiger partial charge on any atom is -0.467 e. The zero-order valence-corrected chi connectivity index (χ0v) is 8.95. The van der Waals surface area contributed by atoms with Gasteiger partial charge in [0.05, 0.1) is 0 Å². The summed E-state index contributed by atoms with van der Waals surface area (Å²) in [5, 5.41) is 0.684. The van der Waals surface area contributed by atoms with Gasteiger partial charge in [-0.25, -0.2) is 0 Å². The summed E-state index contributed by atoms with van der Waals surface area (Å²) < 4.78 is 15.3. The van der Waals surface area contributed by atoms with Crippen molar-refractivity contribution in [2.75, 3.05) is 13.9 Å². The predicted octanol–water partition coefficient (Wildman–Crippen LogP) is 2.69. The van der Waals surface area contributed by atoms with Crippen LogP contribution < -0.4 is 4.74 Å². The number of hydrogen-bond donors (Lipinski definition) is 0. The van der Waals surface area contributed by atoms with Crippen LogP contribution in [0.3, 0.4) is 0 Å². The van der Waals surface area contributed by atoms with E-state index in [1.807, 2.05) is 0 Å². The Labute approximate surface area is 88.5 Å². The number of methoxy groups -OCH3 is 1. The normalized spacial score (nSPS) is 12.5. The van der Waals surface area contributed by atoms with Crippen LogP contribution in [0.1, 0.15) is 6.92 Å². The van der Waals surface area contributed by atoms with Crippen LogP contribution in [0.5, 0.6) is 5.75 Å². The molecular formula is C10H13ClO3. The Balaban J connectivity index is 2.28. The second-order valence-electron chi connectivity index (χ2n) is 2.69. The summed E-state index contributed by atoms with van der Waals surface area (Å²) in [6.07, 6.45) is -0.262. The monoisotopic (exact) mass is 216 g/mol. The van der Waals surface area contributed by atoms with E-state index in [0.717, 1.165) is 5.75 Å². The molecule has 14 heavy (non-hydrogen) atoms. The van der Waals surface area contributed by atoms with Crippen molar-refractivity contribution in [3.63, 3.8) is 0 Å². The van der Waals surface area contributed by atoms with Crippen molar-refractivity contribution >= 4 is 11.6 Å². The van der Waals surface area contributed by atoms with Gasteiger partial charge in [-0.05, 0) is 31.2 Å². The predicted molar refractivity (Wildman–Crippen MR) is 54.5 cm³/mol. The maximum absolute atomic E-state index is 5.71. The highest BCUT2D eigenvalue weighted by Gasteiger charge is 1.98. The SMILES string of the molecule is COC(C)OCOc1ccc(Cl)cc1. The van der Waals surface area contributed by atoms with Crippen LogP contribution in [0.2, 0.25) is 5.02 Å². The summed E-state index contributed by atoms with van der Waals surface area (Å²) in [5.41, 5.74) is 0. The van der Waals surface area contributed by atoms with Gasteiger partial charge in [-0.1, -0.05) is 11.6 Å². The van der Waals surface area contributed by atoms with Crippen molar-refractivity contribution in [1.29, 1.82) is 0 Å². The molecule has 1 unspecified atom stereocenters. The molecule has 0 radical (unpaired) electrons. The number of benzene rings is 1. The van der Waals surface area contributed by atoms with Gasteiger partial charge in [0.2, 0.25) is 0 Å². The van der Waals surface area contributed by atoms with E-state index >= 15 is 0 Å². The van der Waals surface area contributed by atoms with E-state index < -0.39 is 0 Å². The van der Waals surface area contributed by atoms with Gasteiger partial charge in [-0.15, -0.1) is 0 Å². The highest BCUT2D eigenvalue weighted by Crippen LogP contribution is 2.15. The Morgan fingerprint density at radius 3 is 2.50 bits per heavy atom. The van der Waals surface area contributed by atoms with Crippen molar-refractivity contribution in [2.24, 2.45) is 0 Å². The average molecular weight is 217 g/mol. The summed E-state index contributed by atoms with van der Waals surface area (Å²) in [6, 6.07) is 7.08. The number of halogens is 1. The van der Waals surface area contributed by atoms with Gasteiger partial charge in [-0.2, -0.15) is 0 Å². The Bertz CT molecular complexity index is 261. The first kappa shape index (κ1) is 11.3. The van der Waals surface area contributed by atoms with Crippen LogP contribution in [-0.4, -0.2) is 20.2 Å². The lowest BCUT2D eigenvalue weighted by Gasteiger charge is -2.11. The van der Waals surface area contributed by atoms with Gasteiger partial charge in [0, 0.05) is 12.1 Å². The molecule has 0 saturated carbocycles. The van der Waals surface area contributed by atoms with Crippen LogP contribution in [0.25, 0.3) is 0 Å². The first-order valence-corrected chi connectivity index (χ1v) is 4.63. The first-order valence-electron chi connectivity index (χ1n) is 4.25. The molecule has 78 valence electrons. The first-order chi connectivity index (χ1) is 6.72. The lowest BCUT2D eigenvalue weighted by Crippen LogP contribution is -2.14. The summed E-state index contributed by atoms with van der Waals surface area (Å²) >= 11 is 5.71. The Morgan fingerprint density at radius 1 is 1.29 bits per heavy atom. The average Bonchev–Trinajstić information content (AvgIpc) is 2.21. The zero-order chi connectivity index (χ0) is 10.4. The maximum atomic E-state index is 5.71. The molecule has 0 aliphatic rings. The van der Waals surface area contributed by atoms with Crippen LogP contribution in [0, 0.1) is 0 Å². The van der Waals surface area contributed by atoms with Crippen molar-refractivity contribution in [3.05, 3.63) is 29.3 Å². The molecule has 3 nitrogen and oxygen atoms in total. The van der Waals surface area contributed by atoms with E-state index in [4.69, 9.17) is 25.8 Å². The molecule has 0 aliphatic carbocycles. The third-order valence-electron chi connectivity index (χ3n) is 1.67. The third-order valence-corrected chi connectivity index (χ3v) is 1.93. The Kier molecular flexibility index (Phi) is 4.73. The Morgan fingerprint density at radius 2 is 1.93 bits per heavy atom. The van der Waals surface area contributed by atoms with Crippen molar-refractivity contribution < 1.29 is 14.2 Å². The molecule has 0 aromatic heterocycles. The van der Waals surface area contributed by atoms with Gasteiger partial charge >= 0.3 is 0 Å². The molecule has 0 aliphatic heterocycles. The standard InChI is InChI=1S/C10H13ClO3/c1-8(12-2)13-7-14-10-5-3-9(11)4-6-10/h3-6,8H,7H2,1-2H3. The zero-order valence-electron chi connectivity index (χ0n) is 8.20. The van der Waals surface area contributed by atoms with Crippen LogP contribution in [0.4, 0.5) is 0 Å². The van der Waals surface area contributed by atoms with Gasteiger partial charge in [-0.3, -0.25) is 0 Å². The summed E-state index contributed by atoms with van der Waals surface area (Å²) in [7, 11) is 1.58. The molecule has 1 rings (SSSR count). The molecule has 0 heterocycles. The quantitative estimate of drug-likeness (QED) is 0.709. The van der Waals surface area contributed by atoms with Crippen molar-refractivity contribution in [3.8, 4) is 5.75 Å². The highest BCUT2D eigenvalue weighted by atomic mass is 35.5. The summed E-state index contributed by atoms with van der Waals surface area (Å²) in [6.45, 7) is 1.96. The second-order valence-corrected chi connectivity index (χ2v) is 3.12. The second kappa shape index (κ2) is 5.86. The van der Waals surface area contributed by atoms with Gasteiger partial charge in [0.15, 0.2) is 13.1 Å². The smallest absolute Gasteiger partial charge is 0.191 e. The fourth-order valence-corrected chi connectivity index (χ4v) is 0.923. The molecule has 0 amide bonds. The number of hydrogen-bond acceptors (Lipinski definition) is 3. The molecule has 1 aromatic carbocycles. The third kappa shape index (κ3) is 3.96. The molecule has 0 N–H and O–H groups in total. The lowest BCUT2D eigenvalue weighted by molar-refractivity contribution is -0.149. The van der Waals surface area contributed by atoms with Gasteiger partial charge < -0.3 is 14.2 Å². The van der Waals surface area contributed by atoms with Crippen molar-refractivity contribution in [2.45, 2.75) is 13.2 Å². The van der Waals surface area contributed by atoms with E-state index in [1.165, 1.54) is 0 Å². The molecule has 4 heteroatoms. The van der Waals surface area contributed by atoms with Crippen molar-refractivity contribution in [1.82, 2.24) is 0 Å². The fourth-order valence-electron chi connectivity index (χ4n) is 0.797. The summed E-state index contributed by atoms with van der Waals surface area (Å²) in [4.78, 5) is 0. The summed E-state index contributed by atoms with van der Waals surface area (Å²) in [5.74, 6) is 0.720. The van der Waals surface area contributed by atoms with Crippen LogP contribution in [-0.2, 0) is 9.47 Å². The largest absolute Gasteiger partial charge is 0.467 e. The molecule has 0 spiro atoms. The minimum absolute atomic E-state index is 0.163. The van der Waals surface area contributed by atoms with E-state index in [1.54, 1.807) is 38.3 Å². The maximum Gasteiger partial charge on any atom is 0.191 e. The van der Waals surface area contributed by atoms with Gasteiger partial charge in [0.25, 0.3) is 0 Å². The molecule has 0 saturated heterocycles.